The van der Waals surface area contributed by atoms with E-state index in [4.69, 9.17) is 0 Å². The zero-order valence-electron chi connectivity index (χ0n) is 16.1. The van der Waals surface area contributed by atoms with Gasteiger partial charge in [-0.3, -0.25) is 0 Å². The van der Waals surface area contributed by atoms with Gasteiger partial charge in [0, 0.05) is 0 Å². The molecule has 2 atom stereocenters. The molecule has 0 radical (unpaired) electrons. The van der Waals surface area contributed by atoms with E-state index in [1.807, 2.05) is 36.5 Å². The van der Waals surface area contributed by atoms with Gasteiger partial charge < -0.3 is 10.2 Å². The number of aliphatic hydroxyl groups is 2. The van der Waals surface area contributed by atoms with Gasteiger partial charge in [-0.15, -0.1) is 0 Å². The van der Waals surface area contributed by atoms with Crippen LogP contribution in [-0.2, 0) is 0 Å². The van der Waals surface area contributed by atoms with Crippen LogP contribution in [0.4, 0.5) is 0 Å². The monoisotopic (exact) mass is 344 g/mol. The van der Waals surface area contributed by atoms with E-state index in [1.54, 1.807) is 19.1 Å². The van der Waals surface area contributed by atoms with Crippen LogP contribution in [0.1, 0.15) is 59.3 Å². The molecule has 0 aliphatic heterocycles. The van der Waals surface area contributed by atoms with Gasteiger partial charge >= 0.3 is 0 Å². The molecule has 0 aliphatic carbocycles. The lowest BCUT2D eigenvalue weighted by Crippen LogP contribution is -2.18. The van der Waals surface area contributed by atoms with Gasteiger partial charge in [0.25, 0.3) is 0 Å². The van der Waals surface area contributed by atoms with E-state index in [0.29, 0.717) is 12.8 Å². The molecule has 1 unspecified atom stereocenters. The molecule has 2 nitrogen and oxygen atoms in total. The standard InChI is InChI=1S/C23H36O2/c1-4-6-8-10-11-14-18-22(24)19-15-12-13-17-21-23(3,25)20-16-9-7-5-2/h6,8-9,11-17,19,21-22,24-25H,4-5,7,10,18,20H2,1-3H3/b8-6-,13-12+,14-11-,16-9-,19-15-,21-17+/t22-,23?/m0/s1. The molecule has 0 amide bonds. The van der Waals surface area contributed by atoms with Crippen molar-refractivity contribution in [3.05, 3.63) is 72.9 Å². The van der Waals surface area contributed by atoms with Crippen molar-refractivity contribution in [2.45, 2.75) is 71.0 Å². The number of aliphatic hydroxyl groups excluding tert-OH is 1. The second-order valence-corrected chi connectivity index (χ2v) is 6.34. The van der Waals surface area contributed by atoms with Gasteiger partial charge in [-0.2, -0.15) is 0 Å². The molecule has 0 saturated heterocycles. The first-order chi connectivity index (χ1) is 12.0. The number of hydrogen-bond donors (Lipinski definition) is 2. The number of hydrogen-bond acceptors (Lipinski definition) is 2. The molecule has 0 rings (SSSR count). The fraction of sp³-hybridized carbons (Fsp3) is 0.478. The highest BCUT2D eigenvalue weighted by Crippen LogP contribution is 2.12. The summed E-state index contributed by atoms with van der Waals surface area (Å²) in [4.78, 5) is 0. The van der Waals surface area contributed by atoms with Crippen LogP contribution in [0, 0.1) is 0 Å². The molecule has 0 heterocycles. The van der Waals surface area contributed by atoms with Gasteiger partial charge in [-0.05, 0) is 39.0 Å². The van der Waals surface area contributed by atoms with Crippen LogP contribution >= 0.6 is 0 Å². The Morgan fingerprint density at radius 2 is 1.60 bits per heavy atom. The molecule has 25 heavy (non-hydrogen) atoms. The van der Waals surface area contributed by atoms with Gasteiger partial charge in [0.2, 0.25) is 0 Å². The molecule has 0 aromatic carbocycles. The number of allylic oxidation sites excluding steroid dienone is 8. The molecule has 2 heteroatoms. The molecule has 0 spiro atoms. The summed E-state index contributed by atoms with van der Waals surface area (Å²) in [5.74, 6) is 0. The van der Waals surface area contributed by atoms with E-state index in [1.165, 1.54) is 0 Å². The third-order valence-corrected chi connectivity index (χ3v) is 3.49. The van der Waals surface area contributed by atoms with Gasteiger partial charge in [0.05, 0.1) is 11.7 Å². The average Bonchev–Trinajstić information content (AvgIpc) is 2.58. The van der Waals surface area contributed by atoms with E-state index in [9.17, 15) is 10.2 Å². The highest BCUT2D eigenvalue weighted by atomic mass is 16.3. The van der Waals surface area contributed by atoms with Crippen LogP contribution in [0.15, 0.2) is 72.9 Å². The first-order valence-corrected chi connectivity index (χ1v) is 9.40. The Hall–Kier alpha value is -1.64. The highest BCUT2D eigenvalue weighted by Gasteiger charge is 2.12. The van der Waals surface area contributed by atoms with Gasteiger partial charge in [-0.1, -0.05) is 93.2 Å². The fourth-order valence-corrected chi connectivity index (χ4v) is 2.01. The third kappa shape index (κ3) is 17.0. The molecule has 0 saturated carbocycles. The predicted molar refractivity (Wildman–Crippen MR) is 111 cm³/mol. The van der Waals surface area contributed by atoms with E-state index in [-0.39, 0.29) is 0 Å². The van der Waals surface area contributed by atoms with Crippen LogP contribution < -0.4 is 0 Å². The summed E-state index contributed by atoms with van der Waals surface area (Å²) >= 11 is 0. The van der Waals surface area contributed by atoms with Crippen LogP contribution in [0.2, 0.25) is 0 Å². The molecule has 2 N–H and O–H groups in total. The summed E-state index contributed by atoms with van der Waals surface area (Å²) in [5.41, 5.74) is -0.825. The molecule has 0 aliphatic rings. The van der Waals surface area contributed by atoms with Crippen molar-refractivity contribution in [1.82, 2.24) is 0 Å². The molecular weight excluding hydrogens is 308 g/mol. The maximum Gasteiger partial charge on any atom is 0.0836 e. The molecule has 0 fully saturated rings. The van der Waals surface area contributed by atoms with E-state index in [0.717, 1.165) is 25.7 Å². The first-order valence-electron chi connectivity index (χ1n) is 9.40. The lowest BCUT2D eigenvalue weighted by Gasteiger charge is -2.15. The summed E-state index contributed by atoms with van der Waals surface area (Å²) in [7, 11) is 0. The quantitative estimate of drug-likeness (QED) is 0.327. The summed E-state index contributed by atoms with van der Waals surface area (Å²) < 4.78 is 0. The van der Waals surface area contributed by atoms with Crippen LogP contribution in [0.25, 0.3) is 0 Å². The Morgan fingerprint density at radius 3 is 2.32 bits per heavy atom. The Balaban J connectivity index is 4.08. The summed E-state index contributed by atoms with van der Waals surface area (Å²) in [6.07, 6.45) is 28.3. The van der Waals surface area contributed by atoms with Crippen molar-refractivity contribution >= 4 is 0 Å². The molecular formula is C23H36O2. The maximum absolute atomic E-state index is 10.2. The Labute approximate surface area is 154 Å². The largest absolute Gasteiger partial charge is 0.389 e. The van der Waals surface area contributed by atoms with Crippen molar-refractivity contribution in [3.63, 3.8) is 0 Å². The van der Waals surface area contributed by atoms with Crippen molar-refractivity contribution in [2.75, 3.05) is 0 Å². The first kappa shape index (κ1) is 23.4. The zero-order chi connectivity index (χ0) is 18.8. The Morgan fingerprint density at radius 1 is 0.880 bits per heavy atom. The van der Waals surface area contributed by atoms with Crippen molar-refractivity contribution in [1.29, 1.82) is 0 Å². The van der Waals surface area contributed by atoms with Crippen molar-refractivity contribution in [2.24, 2.45) is 0 Å². The minimum atomic E-state index is -0.825. The maximum atomic E-state index is 10.2. The highest BCUT2D eigenvalue weighted by molar-refractivity contribution is 5.15. The van der Waals surface area contributed by atoms with Gasteiger partial charge in [0.15, 0.2) is 0 Å². The van der Waals surface area contributed by atoms with Crippen LogP contribution in [-0.4, -0.2) is 21.9 Å². The summed E-state index contributed by atoms with van der Waals surface area (Å²) in [6, 6.07) is 0. The fourth-order valence-electron chi connectivity index (χ4n) is 2.01. The van der Waals surface area contributed by atoms with E-state index < -0.39 is 11.7 Å². The predicted octanol–water partition coefficient (Wildman–Crippen LogP) is 5.82. The van der Waals surface area contributed by atoms with Gasteiger partial charge in [-0.25, -0.2) is 0 Å². The van der Waals surface area contributed by atoms with Crippen molar-refractivity contribution in [3.8, 4) is 0 Å². The van der Waals surface area contributed by atoms with Crippen molar-refractivity contribution < 1.29 is 10.2 Å². The second kappa shape index (κ2) is 15.9. The van der Waals surface area contributed by atoms with Crippen LogP contribution in [0.3, 0.4) is 0 Å². The number of rotatable bonds is 13. The lowest BCUT2D eigenvalue weighted by atomic mass is 10.0. The zero-order valence-corrected chi connectivity index (χ0v) is 16.1. The lowest BCUT2D eigenvalue weighted by molar-refractivity contribution is 0.115. The Kier molecular flexibility index (Phi) is 14.8. The minimum absolute atomic E-state index is 0.466. The van der Waals surface area contributed by atoms with E-state index >= 15 is 0 Å². The smallest absolute Gasteiger partial charge is 0.0836 e. The molecule has 0 aromatic rings. The third-order valence-electron chi connectivity index (χ3n) is 3.49. The SMILES string of the molecule is CC/C=C\C/C=C\C[C@H](O)\C=C/C=C/C=C/C(C)(O)C/C=C\CCC. The molecule has 140 valence electrons. The molecule has 0 bridgehead atoms. The summed E-state index contributed by atoms with van der Waals surface area (Å²) in [5, 5.41) is 20.0. The van der Waals surface area contributed by atoms with E-state index in [2.05, 4.69) is 38.2 Å². The number of unbranched alkanes of at least 4 members (excludes halogenated alkanes) is 1. The van der Waals surface area contributed by atoms with Gasteiger partial charge in [0.1, 0.15) is 0 Å². The topological polar surface area (TPSA) is 40.5 Å². The Bertz CT molecular complexity index is 476. The van der Waals surface area contributed by atoms with Crippen LogP contribution in [0.5, 0.6) is 0 Å². The minimum Gasteiger partial charge on any atom is -0.389 e. The normalized spacial score (nSPS) is 17.2. The average molecular weight is 345 g/mol. The second-order valence-electron chi connectivity index (χ2n) is 6.34. The summed E-state index contributed by atoms with van der Waals surface area (Å²) in [6.45, 7) is 6.05. The molecule has 0 aromatic heterocycles.